The molecule has 0 aliphatic heterocycles. The van der Waals surface area contributed by atoms with Crippen molar-refractivity contribution >= 4 is 0 Å². The number of aromatic hydroxyl groups is 1. The minimum atomic E-state index is 0.369. The summed E-state index contributed by atoms with van der Waals surface area (Å²) in [6.45, 7) is 0. The molecule has 26 heavy (non-hydrogen) atoms. The lowest BCUT2D eigenvalue weighted by atomic mass is 9.89. The summed E-state index contributed by atoms with van der Waals surface area (Å²) < 4.78 is 0. The fourth-order valence-corrected chi connectivity index (χ4v) is 4.02. The molecule has 4 aromatic carbocycles. The first-order valence-corrected chi connectivity index (χ1v) is 8.91. The third-order valence-electron chi connectivity index (χ3n) is 5.23. The normalized spacial score (nSPS) is 11.8. The molecule has 1 nitrogen and oxygen atoms in total. The van der Waals surface area contributed by atoms with Crippen molar-refractivity contribution in [2.75, 3.05) is 0 Å². The molecule has 0 atom stereocenters. The van der Waals surface area contributed by atoms with Gasteiger partial charge in [0.05, 0.1) is 0 Å². The summed E-state index contributed by atoms with van der Waals surface area (Å²) in [5, 5.41) is 11.2. The van der Waals surface area contributed by atoms with Crippen LogP contribution in [0, 0.1) is 0 Å². The average Bonchev–Trinajstić information content (AvgIpc) is 3.07. The Bertz CT molecular complexity index is 1100. The van der Waals surface area contributed by atoms with Crippen LogP contribution in [0.3, 0.4) is 0 Å². The van der Waals surface area contributed by atoms with E-state index in [9.17, 15) is 5.11 Å². The Kier molecular flexibility index (Phi) is 3.39. The van der Waals surface area contributed by atoms with E-state index in [1.165, 1.54) is 22.3 Å². The van der Waals surface area contributed by atoms with E-state index in [2.05, 4.69) is 54.6 Å². The first-order valence-electron chi connectivity index (χ1n) is 8.91. The highest BCUT2D eigenvalue weighted by molar-refractivity contribution is 5.94. The standard InChI is InChI=1S/C25H18O/c26-25-21(17-9-3-1-4-10-17)16-22-20-14-8-7-13-19(20)15-23(22)24(25)18-11-5-2-6-12-18/h1-14,16,26H,15H2. The van der Waals surface area contributed by atoms with E-state index >= 15 is 0 Å². The molecule has 1 heteroatoms. The van der Waals surface area contributed by atoms with Crippen LogP contribution in [0.2, 0.25) is 0 Å². The summed E-state index contributed by atoms with van der Waals surface area (Å²) in [5.74, 6) is 0.369. The molecule has 0 heterocycles. The highest BCUT2D eigenvalue weighted by Crippen LogP contribution is 2.49. The number of hydrogen-bond donors (Lipinski definition) is 1. The van der Waals surface area contributed by atoms with Gasteiger partial charge >= 0.3 is 0 Å². The molecular formula is C25H18O. The van der Waals surface area contributed by atoms with Crippen LogP contribution in [-0.2, 0) is 6.42 Å². The zero-order valence-corrected chi connectivity index (χ0v) is 14.3. The van der Waals surface area contributed by atoms with Gasteiger partial charge in [0.15, 0.2) is 0 Å². The molecule has 1 N–H and O–H groups in total. The van der Waals surface area contributed by atoms with Crippen molar-refractivity contribution in [1.29, 1.82) is 0 Å². The summed E-state index contributed by atoms with van der Waals surface area (Å²) in [7, 11) is 0. The van der Waals surface area contributed by atoms with Gasteiger partial charge in [-0.15, -0.1) is 0 Å². The fraction of sp³-hybridized carbons (Fsp3) is 0.0400. The highest BCUT2D eigenvalue weighted by Gasteiger charge is 2.26. The lowest BCUT2D eigenvalue weighted by Crippen LogP contribution is -1.92. The van der Waals surface area contributed by atoms with Crippen LogP contribution >= 0.6 is 0 Å². The Morgan fingerprint density at radius 1 is 0.577 bits per heavy atom. The van der Waals surface area contributed by atoms with E-state index in [0.717, 1.165) is 28.7 Å². The predicted molar refractivity (Wildman–Crippen MR) is 107 cm³/mol. The van der Waals surface area contributed by atoms with Crippen LogP contribution in [-0.4, -0.2) is 5.11 Å². The maximum Gasteiger partial charge on any atom is 0.131 e. The minimum absolute atomic E-state index is 0.369. The molecule has 5 rings (SSSR count). The summed E-state index contributed by atoms with van der Waals surface area (Å²) in [5.41, 5.74) is 8.99. The van der Waals surface area contributed by atoms with Gasteiger partial charge in [-0.1, -0.05) is 84.9 Å². The summed E-state index contributed by atoms with van der Waals surface area (Å²) in [6.07, 6.45) is 0.859. The third-order valence-corrected chi connectivity index (χ3v) is 5.23. The van der Waals surface area contributed by atoms with E-state index in [-0.39, 0.29) is 0 Å². The number of phenols is 1. The van der Waals surface area contributed by atoms with Crippen molar-refractivity contribution < 1.29 is 5.11 Å². The van der Waals surface area contributed by atoms with Crippen LogP contribution in [0.25, 0.3) is 33.4 Å². The first-order chi connectivity index (χ1) is 12.8. The SMILES string of the molecule is Oc1c(-c2ccccc2)cc2c(c1-c1ccccc1)Cc1ccccc1-2. The molecule has 0 bridgehead atoms. The maximum atomic E-state index is 11.2. The summed E-state index contributed by atoms with van der Waals surface area (Å²) >= 11 is 0. The van der Waals surface area contributed by atoms with Crippen molar-refractivity contribution in [1.82, 2.24) is 0 Å². The van der Waals surface area contributed by atoms with E-state index in [1.807, 2.05) is 36.4 Å². The Morgan fingerprint density at radius 3 is 1.92 bits per heavy atom. The summed E-state index contributed by atoms with van der Waals surface area (Å²) in [6, 6.07) is 31.0. The van der Waals surface area contributed by atoms with Crippen LogP contribution in [0.4, 0.5) is 0 Å². The smallest absolute Gasteiger partial charge is 0.131 e. The Morgan fingerprint density at radius 2 is 1.19 bits per heavy atom. The van der Waals surface area contributed by atoms with Crippen molar-refractivity contribution in [2.24, 2.45) is 0 Å². The molecule has 0 saturated carbocycles. The van der Waals surface area contributed by atoms with Gasteiger partial charge in [-0.3, -0.25) is 0 Å². The molecular weight excluding hydrogens is 316 g/mol. The quantitative estimate of drug-likeness (QED) is 0.402. The molecule has 0 aromatic heterocycles. The first kappa shape index (κ1) is 15.0. The number of benzene rings is 4. The average molecular weight is 334 g/mol. The third kappa shape index (κ3) is 2.25. The zero-order valence-electron chi connectivity index (χ0n) is 14.3. The molecule has 1 aliphatic carbocycles. The monoisotopic (exact) mass is 334 g/mol. The highest BCUT2D eigenvalue weighted by atomic mass is 16.3. The van der Waals surface area contributed by atoms with Gasteiger partial charge in [0.2, 0.25) is 0 Å². The molecule has 0 radical (unpaired) electrons. The van der Waals surface area contributed by atoms with Gasteiger partial charge < -0.3 is 5.11 Å². The Labute approximate surface area is 153 Å². The van der Waals surface area contributed by atoms with Gasteiger partial charge in [0.1, 0.15) is 5.75 Å². The van der Waals surface area contributed by atoms with Crippen LogP contribution in [0.15, 0.2) is 91.0 Å². The molecule has 0 amide bonds. The van der Waals surface area contributed by atoms with E-state index < -0.39 is 0 Å². The predicted octanol–water partition coefficient (Wildman–Crippen LogP) is 6.30. The van der Waals surface area contributed by atoms with Crippen molar-refractivity contribution in [3.05, 3.63) is 102 Å². The fourth-order valence-electron chi connectivity index (χ4n) is 4.02. The van der Waals surface area contributed by atoms with Gasteiger partial charge in [0, 0.05) is 11.1 Å². The lowest BCUT2D eigenvalue weighted by molar-refractivity contribution is 0.479. The second-order valence-corrected chi connectivity index (χ2v) is 6.74. The van der Waals surface area contributed by atoms with Crippen molar-refractivity contribution in [2.45, 2.75) is 6.42 Å². The van der Waals surface area contributed by atoms with Crippen LogP contribution in [0.5, 0.6) is 5.75 Å². The second-order valence-electron chi connectivity index (χ2n) is 6.74. The molecule has 0 fully saturated rings. The zero-order chi connectivity index (χ0) is 17.5. The van der Waals surface area contributed by atoms with Crippen LogP contribution < -0.4 is 0 Å². The topological polar surface area (TPSA) is 20.2 Å². The number of rotatable bonds is 2. The molecule has 124 valence electrons. The molecule has 0 spiro atoms. The van der Waals surface area contributed by atoms with Gasteiger partial charge in [-0.25, -0.2) is 0 Å². The van der Waals surface area contributed by atoms with Gasteiger partial charge in [0.25, 0.3) is 0 Å². The van der Waals surface area contributed by atoms with Gasteiger partial charge in [-0.05, 0) is 45.9 Å². The number of phenolic OH excluding ortho intramolecular Hbond substituents is 1. The second kappa shape index (κ2) is 5.89. The lowest BCUT2D eigenvalue weighted by Gasteiger charge is -2.16. The maximum absolute atomic E-state index is 11.2. The van der Waals surface area contributed by atoms with E-state index in [0.29, 0.717) is 5.75 Å². The van der Waals surface area contributed by atoms with Crippen LogP contribution in [0.1, 0.15) is 11.1 Å². The summed E-state index contributed by atoms with van der Waals surface area (Å²) in [4.78, 5) is 0. The van der Waals surface area contributed by atoms with E-state index in [4.69, 9.17) is 0 Å². The minimum Gasteiger partial charge on any atom is -0.507 e. The van der Waals surface area contributed by atoms with Crippen molar-refractivity contribution in [3.63, 3.8) is 0 Å². The molecule has 0 unspecified atom stereocenters. The number of fused-ring (bicyclic) bond motifs is 3. The van der Waals surface area contributed by atoms with Gasteiger partial charge in [-0.2, -0.15) is 0 Å². The molecule has 4 aromatic rings. The number of hydrogen-bond acceptors (Lipinski definition) is 1. The van der Waals surface area contributed by atoms with Crippen molar-refractivity contribution in [3.8, 4) is 39.1 Å². The molecule has 0 saturated heterocycles. The Balaban J connectivity index is 1.85. The van der Waals surface area contributed by atoms with E-state index in [1.54, 1.807) is 0 Å². The molecule has 1 aliphatic rings. The largest absolute Gasteiger partial charge is 0.507 e. The Hall–Kier alpha value is -3.32.